The molecule has 1 fully saturated rings. The molecule has 7 nitrogen and oxygen atoms in total. The van der Waals surface area contributed by atoms with Crippen LogP contribution in [0.15, 0.2) is 47.4 Å². The van der Waals surface area contributed by atoms with Gasteiger partial charge in [-0.1, -0.05) is 24.3 Å². The van der Waals surface area contributed by atoms with Crippen LogP contribution in [-0.4, -0.2) is 40.8 Å². The monoisotopic (exact) mass is 389 g/mol. The number of carbonyl (C=O) groups is 1. The van der Waals surface area contributed by atoms with E-state index in [1.54, 1.807) is 30.3 Å². The predicted octanol–water partition coefficient (Wildman–Crippen LogP) is 2.54. The molecule has 8 heteroatoms. The van der Waals surface area contributed by atoms with Gasteiger partial charge in [0, 0.05) is 18.1 Å². The van der Waals surface area contributed by atoms with Gasteiger partial charge in [-0.3, -0.25) is 4.72 Å². The average Bonchev–Trinajstić information content (AvgIpc) is 3.16. The minimum Gasteiger partial charge on any atom is -0.490 e. The Hall–Kier alpha value is -2.58. The second kappa shape index (κ2) is 6.86. The van der Waals surface area contributed by atoms with Crippen LogP contribution in [0.25, 0.3) is 0 Å². The van der Waals surface area contributed by atoms with Gasteiger partial charge in [0.25, 0.3) is 10.0 Å². The fraction of sp³-hybridized carbons (Fsp3) is 0.316. The van der Waals surface area contributed by atoms with E-state index in [1.165, 1.54) is 19.2 Å². The molecule has 1 saturated heterocycles. The Morgan fingerprint density at radius 3 is 2.70 bits per heavy atom. The molecule has 2 aromatic rings. The lowest BCUT2D eigenvalue weighted by Gasteiger charge is -2.29. The van der Waals surface area contributed by atoms with Gasteiger partial charge in [-0.2, -0.15) is 0 Å². The van der Waals surface area contributed by atoms with E-state index in [9.17, 15) is 13.2 Å². The lowest BCUT2D eigenvalue weighted by Crippen LogP contribution is -2.29. The van der Waals surface area contributed by atoms with Crippen molar-refractivity contribution in [3.63, 3.8) is 0 Å². The molecule has 4 rings (SSSR count). The first-order valence-electron chi connectivity index (χ1n) is 8.59. The summed E-state index contributed by atoms with van der Waals surface area (Å²) in [7, 11) is -2.61. The Bertz CT molecular complexity index is 973. The molecule has 0 aromatic heterocycles. The van der Waals surface area contributed by atoms with Crippen molar-refractivity contribution in [3.8, 4) is 5.75 Å². The summed E-state index contributed by atoms with van der Waals surface area (Å²) in [5.41, 5.74) is 1.05. The van der Waals surface area contributed by atoms with Gasteiger partial charge in [0.05, 0.1) is 23.8 Å². The average molecular weight is 389 g/mol. The molecule has 0 aliphatic carbocycles. The summed E-state index contributed by atoms with van der Waals surface area (Å²) in [4.78, 5) is 12.6. The van der Waals surface area contributed by atoms with Gasteiger partial charge in [0.1, 0.15) is 17.9 Å². The number of hydrogen-bond acceptors (Lipinski definition) is 6. The normalized spacial score (nSPS) is 20.9. The molecular formula is C19H19NO6S. The first-order valence-corrected chi connectivity index (χ1v) is 10.1. The van der Waals surface area contributed by atoms with Crippen LogP contribution >= 0.6 is 0 Å². The Morgan fingerprint density at radius 1 is 1.19 bits per heavy atom. The van der Waals surface area contributed by atoms with Gasteiger partial charge in [0.15, 0.2) is 0 Å². The summed E-state index contributed by atoms with van der Waals surface area (Å²) in [6.07, 6.45) is 0.784. The standard InChI is InChI=1S/C19H19NO6S/c1-24-19(21)17-15(20-27(22,23)12-5-3-2-4-6-12)8-7-14-13-9-10-25-16(13)11-26-18(14)17/h2-8,13,16,20H,9-11H2,1H3/t13-,16+/m1/s1. The zero-order valence-corrected chi connectivity index (χ0v) is 15.5. The largest absolute Gasteiger partial charge is 0.490 e. The summed E-state index contributed by atoms with van der Waals surface area (Å²) in [6, 6.07) is 11.3. The highest BCUT2D eigenvalue weighted by Gasteiger charge is 2.39. The molecule has 0 unspecified atom stereocenters. The fourth-order valence-corrected chi connectivity index (χ4v) is 4.67. The Balaban J connectivity index is 1.79. The molecule has 0 spiro atoms. The van der Waals surface area contributed by atoms with E-state index in [-0.39, 0.29) is 28.2 Å². The second-order valence-electron chi connectivity index (χ2n) is 6.43. The molecule has 0 radical (unpaired) electrons. The smallest absolute Gasteiger partial charge is 0.343 e. The molecule has 2 aliphatic rings. The lowest BCUT2D eigenvalue weighted by molar-refractivity contribution is 0.0469. The zero-order chi connectivity index (χ0) is 19.0. The third-order valence-corrected chi connectivity index (χ3v) is 6.26. The van der Waals surface area contributed by atoms with Crippen LogP contribution in [-0.2, 0) is 19.5 Å². The number of hydrogen-bond donors (Lipinski definition) is 1. The van der Waals surface area contributed by atoms with Crippen LogP contribution in [0, 0.1) is 0 Å². The Labute approximate surface area is 157 Å². The van der Waals surface area contributed by atoms with E-state index in [0.29, 0.717) is 19.0 Å². The maximum atomic E-state index is 12.7. The molecule has 2 aliphatic heterocycles. The summed E-state index contributed by atoms with van der Waals surface area (Å²) in [6.45, 7) is 0.949. The van der Waals surface area contributed by atoms with Crippen LogP contribution < -0.4 is 9.46 Å². The summed E-state index contributed by atoms with van der Waals surface area (Å²) >= 11 is 0. The molecular weight excluding hydrogens is 370 g/mol. The van der Waals surface area contributed by atoms with E-state index in [4.69, 9.17) is 14.2 Å². The number of ether oxygens (including phenoxy) is 3. The van der Waals surface area contributed by atoms with Crippen LogP contribution in [0.1, 0.15) is 28.3 Å². The number of anilines is 1. The number of fused-ring (bicyclic) bond motifs is 3. The van der Waals surface area contributed by atoms with Crippen LogP contribution in [0.3, 0.4) is 0 Å². The van der Waals surface area contributed by atoms with Crippen molar-refractivity contribution < 1.29 is 27.4 Å². The second-order valence-corrected chi connectivity index (χ2v) is 8.11. The fourth-order valence-electron chi connectivity index (χ4n) is 3.57. The van der Waals surface area contributed by atoms with Crippen LogP contribution in [0.2, 0.25) is 0 Å². The van der Waals surface area contributed by atoms with Crippen molar-refractivity contribution in [2.24, 2.45) is 0 Å². The third kappa shape index (κ3) is 3.15. The van der Waals surface area contributed by atoms with Crippen LogP contribution in [0.5, 0.6) is 5.75 Å². The summed E-state index contributed by atoms with van der Waals surface area (Å²) in [5, 5.41) is 0. The van der Waals surface area contributed by atoms with Gasteiger partial charge in [-0.05, 0) is 24.6 Å². The molecule has 2 heterocycles. The van der Waals surface area contributed by atoms with E-state index in [2.05, 4.69) is 4.72 Å². The van der Waals surface area contributed by atoms with Gasteiger partial charge in [-0.25, -0.2) is 13.2 Å². The molecule has 27 heavy (non-hydrogen) atoms. The Kier molecular flexibility index (Phi) is 4.53. The first-order chi connectivity index (χ1) is 13.0. The summed E-state index contributed by atoms with van der Waals surface area (Å²) in [5.74, 6) is -0.172. The van der Waals surface area contributed by atoms with Crippen molar-refractivity contribution in [1.82, 2.24) is 0 Å². The van der Waals surface area contributed by atoms with Crippen molar-refractivity contribution >= 4 is 21.7 Å². The first kappa shape index (κ1) is 17.8. The lowest BCUT2D eigenvalue weighted by atomic mass is 9.88. The third-order valence-electron chi connectivity index (χ3n) is 4.88. The molecule has 1 N–H and O–H groups in total. The number of rotatable bonds is 4. The SMILES string of the molecule is COC(=O)c1c(NS(=O)(=O)c2ccccc2)ccc2c1OC[C@@H]1OCC[C@H]21. The maximum Gasteiger partial charge on any atom is 0.343 e. The van der Waals surface area contributed by atoms with Crippen molar-refractivity contribution in [2.45, 2.75) is 23.3 Å². The molecule has 0 bridgehead atoms. The topological polar surface area (TPSA) is 90.9 Å². The molecule has 0 saturated carbocycles. The van der Waals surface area contributed by atoms with Gasteiger partial charge < -0.3 is 14.2 Å². The van der Waals surface area contributed by atoms with E-state index < -0.39 is 16.0 Å². The number of sulfonamides is 1. The van der Waals surface area contributed by atoms with Gasteiger partial charge >= 0.3 is 5.97 Å². The van der Waals surface area contributed by atoms with Gasteiger partial charge in [0.2, 0.25) is 0 Å². The number of benzene rings is 2. The van der Waals surface area contributed by atoms with E-state index >= 15 is 0 Å². The predicted molar refractivity (Wildman–Crippen MR) is 97.6 cm³/mol. The van der Waals surface area contributed by atoms with Crippen molar-refractivity contribution in [3.05, 3.63) is 53.6 Å². The minimum absolute atomic E-state index is 0.0464. The minimum atomic E-state index is -3.86. The highest BCUT2D eigenvalue weighted by Crippen LogP contribution is 2.44. The molecule has 0 amide bonds. The van der Waals surface area contributed by atoms with Crippen molar-refractivity contribution in [1.29, 1.82) is 0 Å². The van der Waals surface area contributed by atoms with Gasteiger partial charge in [-0.15, -0.1) is 0 Å². The van der Waals surface area contributed by atoms with Crippen molar-refractivity contribution in [2.75, 3.05) is 25.0 Å². The number of methoxy groups -OCH3 is 1. The number of esters is 1. The quantitative estimate of drug-likeness (QED) is 0.808. The maximum absolute atomic E-state index is 12.7. The Morgan fingerprint density at radius 2 is 1.96 bits per heavy atom. The highest BCUT2D eigenvalue weighted by atomic mass is 32.2. The number of nitrogens with one attached hydrogen (secondary N) is 1. The zero-order valence-electron chi connectivity index (χ0n) is 14.7. The summed E-state index contributed by atoms with van der Waals surface area (Å²) < 4.78 is 44.2. The number of carbonyl (C=O) groups excluding carboxylic acids is 1. The van der Waals surface area contributed by atoms with E-state index in [0.717, 1.165) is 12.0 Å². The highest BCUT2D eigenvalue weighted by molar-refractivity contribution is 7.92. The molecule has 2 aromatic carbocycles. The van der Waals surface area contributed by atoms with Crippen LogP contribution in [0.4, 0.5) is 5.69 Å². The molecule has 2 atom stereocenters. The van der Waals surface area contributed by atoms with E-state index in [1.807, 2.05) is 0 Å². The molecule has 142 valence electrons.